The van der Waals surface area contributed by atoms with Gasteiger partial charge in [0.2, 0.25) is 0 Å². The van der Waals surface area contributed by atoms with Crippen LogP contribution < -0.4 is 5.32 Å². The van der Waals surface area contributed by atoms with Gasteiger partial charge in [0, 0.05) is 19.3 Å². The van der Waals surface area contributed by atoms with Crippen LogP contribution in [-0.4, -0.2) is 34.3 Å². The summed E-state index contributed by atoms with van der Waals surface area (Å²) in [4.78, 5) is 14.9. The Morgan fingerprint density at radius 1 is 1.61 bits per heavy atom. The summed E-state index contributed by atoms with van der Waals surface area (Å²) in [5.74, 6) is -0.299. The van der Waals surface area contributed by atoms with Gasteiger partial charge in [-0.2, -0.15) is 0 Å². The van der Waals surface area contributed by atoms with E-state index in [2.05, 4.69) is 10.3 Å². The van der Waals surface area contributed by atoms with Gasteiger partial charge in [0.15, 0.2) is 0 Å². The van der Waals surface area contributed by atoms with Gasteiger partial charge in [0.25, 0.3) is 0 Å². The maximum atomic E-state index is 10.9. The summed E-state index contributed by atoms with van der Waals surface area (Å²) in [7, 11) is 0. The Bertz CT molecular complexity index is 412. The summed E-state index contributed by atoms with van der Waals surface area (Å²) in [6, 6.07) is 1.42. The van der Waals surface area contributed by atoms with E-state index in [0.29, 0.717) is 12.4 Å². The van der Waals surface area contributed by atoms with Crippen LogP contribution in [-0.2, 0) is 0 Å². The molecule has 0 aliphatic carbocycles. The number of carboxylic acids is 1. The third kappa shape index (κ3) is 4.50. The van der Waals surface area contributed by atoms with E-state index in [1.54, 1.807) is 0 Å². The smallest absolute Gasteiger partial charge is 0.337 e. The largest absolute Gasteiger partial charge is 0.478 e. The van der Waals surface area contributed by atoms with Crippen molar-refractivity contribution in [1.82, 2.24) is 4.98 Å². The Morgan fingerprint density at radius 2 is 2.33 bits per heavy atom. The maximum absolute atomic E-state index is 10.9. The van der Waals surface area contributed by atoms with Crippen LogP contribution in [0.25, 0.3) is 0 Å². The number of anilines is 1. The maximum Gasteiger partial charge on any atom is 0.337 e. The Labute approximate surface area is 111 Å². The molecule has 100 valence electrons. The Hall–Kier alpha value is -1.33. The third-order valence-electron chi connectivity index (χ3n) is 2.58. The molecule has 3 N–H and O–H groups in total. The molecule has 0 bridgehead atoms. The number of hydrogen-bond donors (Lipinski definition) is 3. The number of aliphatic hydroxyl groups is 1. The molecule has 1 aromatic heterocycles. The second-order valence-corrected chi connectivity index (χ2v) is 4.62. The molecule has 0 aromatic carbocycles. The molecule has 0 spiro atoms. The number of carbonyl (C=O) groups is 1. The lowest BCUT2D eigenvalue weighted by Crippen LogP contribution is -2.08. The summed E-state index contributed by atoms with van der Waals surface area (Å²) < 4.78 is 0. The van der Waals surface area contributed by atoms with Crippen LogP contribution in [0.4, 0.5) is 5.82 Å². The molecule has 0 saturated heterocycles. The van der Waals surface area contributed by atoms with E-state index in [1.165, 1.54) is 12.3 Å². The average molecular weight is 273 g/mol. The second kappa shape index (κ2) is 7.18. The fourth-order valence-corrected chi connectivity index (χ4v) is 1.64. The Kier molecular flexibility index (Phi) is 5.88. The summed E-state index contributed by atoms with van der Waals surface area (Å²) >= 11 is 5.71. The monoisotopic (exact) mass is 272 g/mol. The van der Waals surface area contributed by atoms with Crippen LogP contribution in [0.1, 0.15) is 30.1 Å². The first-order valence-electron chi connectivity index (χ1n) is 5.78. The van der Waals surface area contributed by atoms with Crippen molar-refractivity contribution in [3.8, 4) is 0 Å². The zero-order chi connectivity index (χ0) is 13.5. The highest BCUT2D eigenvalue weighted by Crippen LogP contribution is 2.18. The quantitative estimate of drug-likeness (QED) is 0.663. The number of aromatic nitrogens is 1. The molecule has 0 aliphatic rings. The number of rotatable bonds is 7. The molecule has 0 fully saturated rings. The van der Waals surface area contributed by atoms with Gasteiger partial charge in [-0.1, -0.05) is 18.5 Å². The molecule has 0 amide bonds. The van der Waals surface area contributed by atoms with Crippen molar-refractivity contribution >= 4 is 23.4 Å². The Morgan fingerprint density at radius 3 is 2.94 bits per heavy atom. The summed E-state index contributed by atoms with van der Waals surface area (Å²) in [6.07, 6.45) is 3.11. The van der Waals surface area contributed by atoms with Gasteiger partial charge in [0.05, 0.1) is 10.6 Å². The normalized spacial score (nSPS) is 12.2. The first-order valence-corrected chi connectivity index (χ1v) is 6.16. The molecule has 0 radical (unpaired) electrons. The van der Waals surface area contributed by atoms with E-state index in [-0.39, 0.29) is 23.1 Å². The number of pyridine rings is 1. The number of nitrogens with zero attached hydrogens (tertiary/aromatic N) is 1. The molecule has 1 aromatic rings. The fraction of sp³-hybridized carbons (Fsp3) is 0.500. The first kappa shape index (κ1) is 14.7. The number of nitrogens with one attached hydrogen (secondary N) is 1. The molecule has 1 atom stereocenters. The van der Waals surface area contributed by atoms with E-state index in [1.807, 2.05) is 6.92 Å². The standard InChI is InChI=1S/C12H17ClN2O3/c1-8(7-16)3-2-4-14-11-5-9(12(17)18)10(13)6-15-11/h5-6,8,16H,2-4,7H2,1H3,(H,14,15)(H,17,18). The van der Waals surface area contributed by atoms with Crippen LogP contribution >= 0.6 is 11.6 Å². The highest BCUT2D eigenvalue weighted by atomic mass is 35.5. The lowest BCUT2D eigenvalue weighted by Gasteiger charge is -2.09. The van der Waals surface area contributed by atoms with E-state index in [9.17, 15) is 4.79 Å². The van der Waals surface area contributed by atoms with Crippen molar-refractivity contribution in [3.63, 3.8) is 0 Å². The predicted molar refractivity (Wildman–Crippen MR) is 70.2 cm³/mol. The molecule has 0 saturated carbocycles. The highest BCUT2D eigenvalue weighted by Gasteiger charge is 2.10. The molecular weight excluding hydrogens is 256 g/mol. The summed E-state index contributed by atoms with van der Waals surface area (Å²) in [5, 5.41) is 20.9. The summed E-state index contributed by atoms with van der Waals surface area (Å²) in [5.41, 5.74) is 0.0397. The minimum absolute atomic E-state index is 0.0397. The molecule has 18 heavy (non-hydrogen) atoms. The number of halogens is 1. The first-order chi connectivity index (χ1) is 8.54. The molecule has 1 heterocycles. The van der Waals surface area contributed by atoms with Crippen LogP contribution in [0.15, 0.2) is 12.3 Å². The van der Waals surface area contributed by atoms with Gasteiger partial charge in [-0.15, -0.1) is 0 Å². The third-order valence-corrected chi connectivity index (χ3v) is 2.88. The van der Waals surface area contributed by atoms with E-state index >= 15 is 0 Å². The van der Waals surface area contributed by atoms with Crippen LogP contribution in [0, 0.1) is 5.92 Å². The van der Waals surface area contributed by atoms with Crippen LogP contribution in [0.5, 0.6) is 0 Å². The van der Waals surface area contributed by atoms with Crippen molar-refractivity contribution in [1.29, 1.82) is 0 Å². The number of aromatic carboxylic acids is 1. The van der Waals surface area contributed by atoms with Crippen molar-refractivity contribution in [3.05, 3.63) is 22.8 Å². The van der Waals surface area contributed by atoms with Gasteiger partial charge in [0.1, 0.15) is 5.82 Å². The zero-order valence-electron chi connectivity index (χ0n) is 10.2. The zero-order valence-corrected chi connectivity index (χ0v) is 10.9. The van der Waals surface area contributed by atoms with Gasteiger partial charge in [-0.25, -0.2) is 9.78 Å². The average Bonchev–Trinajstić information content (AvgIpc) is 2.35. The van der Waals surface area contributed by atoms with Crippen molar-refractivity contribution in [2.75, 3.05) is 18.5 Å². The van der Waals surface area contributed by atoms with E-state index in [4.69, 9.17) is 21.8 Å². The topological polar surface area (TPSA) is 82.5 Å². The lowest BCUT2D eigenvalue weighted by molar-refractivity contribution is 0.0697. The van der Waals surface area contributed by atoms with Crippen molar-refractivity contribution in [2.24, 2.45) is 5.92 Å². The molecule has 1 unspecified atom stereocenters. The molecule has 0 aliphatic heterocycles. The SMILES string of the molecule is CC(CO)CCCNc1cc(C(=O)O)c(Cl)cn1. The molecule has 6 heteroatoms. The van der Waals surface area contributed by atoms with Gasteiger partial charge >= 0.3 is 5.97 Å². The number of carboxylic acid groups (broad SMARTS) is 1. The fourth-order valence-electron chi connectivity index (χ4n) is 1.46. The van der Waals surface area contributed by atoms with Crippen LogP contribution in [0.2, 0.25) is 5.02 Å². The minimum atomic E-state index is -1.07. The lowest BCUT2D eigenvalue weighted by atomic mass is 10.1. The highest BCUT2D eigenvalue weighted by molar-refractivity contribution is 6.33. The van der Waals surface area contributed by atoms with Crippen molar-refractivity contribution < 1.29 is 15.0 Å². The molecule has 5 nitrogen and oxygen atoms in total. The van der Waals surface area contributed by atoms with Crippen molar-refractivity contribution in [2.45, 2.75) is 19.8 Å². The van der Waals surface area contributed by atoms with E-state index in [0.717, 1.165) is 12.8 Å². The molecular formula is C12H17ClN2O3. The predicted octanol–water partition coefficient (Wildman–Crippen LogP) is 2.25. The van der Waals surface area contributed by atoms with Gasteiger partial charge in [-0.05, 0) is 24.8 Å². The minimum Gasteiger partial charge on any atom is -0.478 e. The Balaban J connectivity index is 2.48. The number of hydrogen-bond acceptors (Lipinski definition) is 4. The van der Waals surface area contributed by atoms with Gasteiger partial charge in [-0.3, -0.25) is 0 Å². The van der Waals surface area contributed by atoms with E-state index < -0.39 is 5.97 Å². The molecule has 1 rings (SSSR count). The number of aliphatic hydroxyl groups excluding tert-OH is 1. The van der Waals surface area contributed by atoms with Crippen LogP contribution in [0.3, 0.4) is 0 Å². The van der Waals surface area contributed by atoms with Gasteiger partial charge < -0.3 is 15.5 Å². The second-order valence-electron chi connectivity index (χ2n) is 4.21. The summed E-state index contributed by atoms with van der Waals surface area (Å²) in [6.45, 7) is 2.84.